The third kappa shape index (κ3) is 13.4. The molecule has 0 aliphatic heterocycles. The molecule has 0 aromatic heterocycles. The van der Waals surface area contributed by atoms with Gasteiger partial charge >= 0.3 is 0 Å². The molecule has 122 valence electrons. The number of nitriles is 6. The average molecular weight is 452 g/mol. The second kappa shape index (κ2) is 28.2. The number of nitrogens with zero attached hydrogens (tertiary/aromatic N) is 6. The molecule has 23 heavy (non-hydrogen) atoms. The second-order valence-corrected chi connectivity index (χ2v) is 2.44. The van der Waals surface area contributed by atoms with Crippen LogP contribution in [0.25, 0.3) is 0 Å². The van der Waals surface area contributed by atoms with Gasteiger partial charge in [0.1, 0.15) is 17.7 Å². The van der Waals surface area contributed by atoms with Gasteiger partial charge in [0, 0.05) is 54.5 Å². The molecular weight excluding hydrogens is 437 g/mol. The summed E-state index contributed by atoms with van der Waals surface area (Å²) in [5, 5.41) is 51.7. The van der Waals surface area contributed by atoms with Crippen LogP contribution in [0.15, 0.2) is 11.1 Å². The molecule has 0 bridgehead atoms. The van der Waals surface area contributed by atoms with Gasteiger partial charge in [-0.25, -0.2) is 0 Å². The molecule has 0 saturated carbocycles. The molecule has 0 unspecified atom stereocenters. The van der Waals surface area contributed by atoms with Crippen LogP contribution in [0.1, 0.15) is 0 Å². The first-order valence-corrected chi connectivity index (χ1v) is 3.82. The van der Waals surface area contributed by atoms with Crippen LogP contribution in [-0.2, 0) is 0 Å². The van der Waals surface area contributed by atoms with Crippen LogP contribution in [0.2, 0.25) is 0 Å². The summed E-state index contributed by atoms with van der Waals surface area (Å²) in [6.07, 6.45) is 0. The van der Waals surface area contributed by atoms with Crippen molar-refractivity contribution in [3.05, 3.63) is 11.1 Å². The first-order chi connectivity index (χ1) is 7.69. The Kier molecular flexibility index (Phi) is 61.0. The third-order valence-corrected chi connectivity index (χ3v) is 1.65. The SMILES string of the molecule is N#CC(C#N)=C(C(C#N)C#N)C(C#N)C#N.O.O.O.O.O.O.[Ba]. The second-order valence-electron chi connectivity index (χ2n) is 2.44. The van der Waals surface area contributed by atoms with E-state index < -0.39 is 17.4 Å². The largest absolute Gasteiger partial charge is 0.412 e. The molecule has 0 aromatic rings. The number of allylic oxidation sites excluding steroid dienone is 2. The molecule has 0 aliphatic carbocycles. The van der Waals surface area contributed by atoms with E-state index in [0.717, 1.165) is 0 Å². The molecule has 0 aromatic carbocycles. The first-order valence-electron chi connectivity index (χ1n) is 3.82. The van der Waals surface area contributed by atoms with E-state index in [1.165, 1.54) is 36.4 Å². The van der Waals surface area contributed by atoms with Gasteiger partial charge in [0.25, 0.3) is 0 Å². The summed E-state index contributed by atoms with van der Waals surface area (Å²) in [5.41, 5.74) is -0.888. The Labute approximate surface area is 171 Å². The van der Waals surface area contributed by atoms with Crippen LogP contribution in [0.3, 0.4) is 0 Å². The molecular formula is C10H14BaN6O6. The molecule has 13 heteroatoms. The standard InChI is InChI=1S/C10H2N6.Ba.6H2O/c11-1-7(2-12)10(8(3-13)4-14)9(5-15)6-16;;;;;;;/h7-8H;;6*1H2. The quantitative estimate of drug-likeness (QED) is 0.293. The van der Waals surface area contributed by atoms with E-state index in [0.29, 0.717) is 0 Å². The van der Waals surface area contributed by atoms with Gasteiger partial charge < -0.3 is 32.9 Å². The smallest absolute Gasteiger partial charge is 0.158 e. The minimum atomic E-state index is -1.45. The maximum atomic E-state index is 8.63. The van der Waals surface area contributed by atoms with Gasteiger partial charge in [-0.2, -0.15) is 31.6 Å². The fourth-order valence-electron chi connectivity index (χ4n) is 0.945. The Balaban J connectivity index is -0.0000000536. The minimum Gasteiger partial charge on any atom is -0.412 e. The predicted octanol–water partition coefficient (Wildman–Crippen LogP) is -4.67. The van der Waals surface area contributed by atoms with E-state index in [4.69, 9.17) is 31.6 Å². The van der Waals surface area contributed by atoms with E-state index in [-0.39, 0.29) is 87.3 Å². The van der Waals surface area contributed by atoms with Crippen molar-refractivity contribution < 1.29 is 32.9 Å². The monoisotopic (exact) mass is 452 g/mol. The Morgan fingerprint density at radius 2 is 0.739 bits per heavy atom. The summed E-state index contributed by atoms with van der Waals surface area (Å²) >= 11 is 0. The number of hydrogen-bond donors (Lipinski definition) is 0. The predicted molar refractivity (Wildman–Crippen MR) is 75.1 cm³/mol. The summed E-state index contributed by atoms with van der Waals surface area (Å²) in [5.74, 6) is -2.89. The normalized spacial score (nSPS) is 5.22. The van der Waals surface area contributed by atoms with Gasteiger partial charge in [-0.15, -0.1) is 0 Å². The van der Waals surface area contributed by atoms with Crippen molar-refractivity contribution >= 4 is 48.9 Å². The van der Waals surface area contributed by atoms with Crippen molar-refractivity contribution in [2.45, 2.75) is 0 Å². The number of hydrogen-bond acceptors (Lipinski definition) is 6. The van der Waals surface area contributed by atoms with Crippen LogP contribution in [0.4, 0.5) is 0 Å². The van der Waals surface area contributed by atoms with Gasteiger partial charge in [-0.3, -0.25) is 0 Å². The molecule has 0 spiro atoms. The van der Waals surface area contributed by atoms with Crippen molar-refractivity contribution in [3.8, 4) is 36.4 Å². The molecule has 0 aliphatic rings. The van der Waals surface area contributed by atoms with Crippen LogP contribution < -0.4 is 0 Å². The van der Waals surface area contributed by atoms with Crippen molar-refractivity contribution in [2.24, 2.45) is 11.8 Å². The zero-order valence-corrected chi connectivity index (χ0v) is 16.0. The molecule has 0 saturated heterocycles. The van der Waals surface area contributed by atoms with E-state index in [1.807, 2.05) is 0 Å². The molecule has 12 N–H and O–H groups in total. The molecule has 0 fully saturated rings. The summed E-state index contributed by atoms with van der Waals surface area (Å²) in [6, 6.07) is 9.03. The van der Waals surface area contributed by atoms with Crippen molar-refractivity contribution in [1.29, 1.82) is 31.6 Å². The van der Waals surface area contributed by atoms with Gasteiger partial charge in [0.05, 0.1) is 24.3 Å². The molecule has 12 nitrogen and oxygen atoms in total. The molecule has 2 radical (unpaired) electrons. The number of rotatable bonds is 2. The molecule has 0 rings (SSSR count). The molecule has 0 atom stereocenters. The van der Waals surface area contributed by atoms with E-state index in [1.54, 1.807) is 0 Å². The zero-order valence-electron chi connectivity index (χ0n) is 11.5. The molecule has 0 amide bonds. The Morgan fingerprint density at radius 1 is 0.522 bits per heavy atom. The van der Waals surface area contributed by atoms with Gasteiger partial charge in [-0.05, 0) is 0 Å². The van der Waals surface area contributed by atoms with Crippen molar-refractivity contribution in [2.75, 3.05) is 0 Å². The maximum Gasteiger partial charge on any atom is 0.158 e. The topological polar surface area (TPSA) is 332 Å². The van der Waals surface area contributed by atoms with Crippen LogP contribution in [-0.4, -0.2) is 81.7 Å². The van der Waals surface area contributed by atoms with Crippen molar-refractivity contribution in [3.63, 3.8) is 0 Å². The van der Waals surface area contributed by atoms with Crippen LogP contribution in [0, 0.1) is 79.8 Å². The van der Waals surface area contributed by atoms with Gasteiger partial charge in [-0.1, -0.05) is 0 Å². The summed E-state index contributed by atoms with van der Waals surface area (Å²) < 4.78 is 0. The molecule has 0 heterocycles. The van der Waals surface area contributed by atoms with Crippen LogP contribution in [0.5, 0.6) is 0 Å². The van der Waals surface area contributed by atoms with E-state index >= 15 is 0 Å². The zero-order chi connectivity index (χ0) is 12.6. The fourth-order valence-corrected chi connectivity index (χ4v) is 0.945. The Hall–Kier alpha value is -1.99. The first kappa shape index (κ1) is 49.7. The summed E-state index contributed by atoms with van der Waals surface area (Å²) in [7, 11) is 0. The van der Waals surface area contributed by atoms with Gasteiger partial charge in [0.2, 0.25) is 0 Å². The minimum absolute atomic E-state index is 0. The summed E-state index contributed by atoms with van der Waals surface area (Å²) in [4.78, 5) is 0. The van der Waals surface area contributed by atoms with Crippen LogP contribution >= 0.6 is 0 Å². The average Bonchev–Trinajstić information content (AvgIpc) is 2.33. The Bertz CT molecular complexity index is 504. The van der Waals surface area contributed by atoms with E-state index in [2.05, 4.69) is 0 Å². The third-order valence-electron chi connectivity index (χ3n) is 1.65. The summed E-state index contributed by atoms with van der Waals surface area (Å²) in [6.45, 7) is 0. The maximum absolute atomic E-state index is 8.63. The Morgan fingerprint density at radius 3 is 0.870 bits per heavy atom. The fraction of sp³-hybridized carbons (Fsp3) is 0.200. The van der Waals surface area contributed by atoms with E-state index in [9.17, 15) is 0 Å². The van der Waals surface area contributed by atoms with Gasteiger partial charge in [0.15, 0.2) is 11.8 Å². The van der Waals surface area contributed by atoms with Crippen molar-refractivity contribution in [1.82, 2.24) is 0 Å².